The van der Waals surface area contributed by atoms with Gasteiger partial charge in [0.2, 0.25) is 5.91 Å². The van der Waals surface area contributed by atoms with E-state index in [1.54, 1.807) is 17.0 Å². The molecule has 100 valence electrons. The second-order valence-corrected chi connectivity index (χ2v) is 4.46. The Morgan fingerprint density at radius 2 is 2.00 bits per heavy atom. The van der Waals surface area contributed by atoms with Gasteiger partial charge in [-0.1, -0.05) is 0 Å². The summed E-state index contributed by atoms with van der Waals surface area (Å²) in [6.45, 7) is 5.55. The molecule has 0 aliphatic rings. The van der Waals surface area contributed by atoms with Gasteiger partial charge >= 0.3 is 0 Å². The summed E-state index contributed by atoms with van der Waals surface area (Å²) in [7, 11) is 0. The van der Waals surface area contributed by atoms with E-state index >= 15 is 0 Å². The minimum absolute atomic E-state index is 0.0425. The fourth-order valence-corrected chi connectivity index (χ4v) is 1.85. The van der Waals surface area contributed by atoms with Crippen LogP contribution in [-0.4, -0.2) is 36.3 Å². The summed E-state index contributed by atoms with van der Waals surface area (Å²) >= 11 is 3.12. The molecule has 5 nitrogen and oxygen atoms in total. The Labute approximate surface area is 115 Å². The number of carbonyl (C=O) groups excluding carboxylic acids is 2. The fourth-order valence-electron chi connectivity index (χ4n) is 1.54. The molecule has 0 aliphatic carbocycles. The van der Waals surface area contributed by atoms with Crippen molar-refractivity contribution in [3.8, 4) is 0 Å². The summed E-state index contributed by atoms with van der Waals surface area (Å²) in [5, 5.41) is 2.65. The number of nitrogens with zero attached hydrogens (tertiary/aromatic N) is 1. The largest absolute Gasteiger partial charge is 0.444 e. The zero-order valence-electron chi connectivity index (χ0n) is 10.5. The smallest absolute Gasteiger partial charge is 0.287 e. The third-order valence-corrected chi connectivity index (χ3v) is 2.96. The lowest BCUT2D eigenvalue weighted by Crippen LogP contribution is -2.34. The van der Waals surface area contributed by atoms with Crippen LogP contribution in [0.5, 0.6) is 0 Å². The maximum atomic E-state index is 11.7. The molecule has 0 atom stereocenters. The zero-order valence-corrected chi connectivity index (χ0v) is 12.1. The highest BCUT2D eigenvalue weighted by molar-refractivity contribution is 9.10. The number of furan rings is 1. The lowest BCUT2D eigenvalue weighted by Gasteiger charge is -2.18. The van der Waals surface area contributed by atoms with Crippen molar-refractivity contribution in [1.29, 1.82) is 0 Å². The molecule has 6 heteroatoms. The minimum atomic E-state index is -0.312. The van der Waals surface area contributed by atoms with Crippen molar-refractivity contribution < 1.29 is 14.0 Å². The van der Waals surface area contributed by atoms with Crippen LogP contribution in [0.4, 0.5) is 0 Å². The molecule has 0 aliphatic heterocycles. The van der Waals surface area contributed by atoms with Crippen LogP contribution in [0.3, 0.4) is 0 Å². The predicted molar refractivity (Wildman–Crippen MR) is 71.3 cm³/mol. The highest BCUT2D eigenvalue weighted by Gasteiger charge is 2.12. The Hall–Kier alpha value is -1.30. The van der Waals surface area contributed by atoms with Crippen LogP contribution in [0.1, 0.15) is 30.8 Å². The molecular formula is C12H17BrN2O3. The number of carbonyl (C=O) groups is 2. The van der Waals surface area contributed by atoms with Crippen LogP contribution < -0.4 is 5.32 Å². The van der Waals surface area contributed by atoms with Gasteiger partial charge in [-0.05, 0) is 41.9 Å². The Balaban J connectivity index is 2.34. The molecule has 1 N–H and O–H groups in total. The van der Waals surface area contributed by atoms with Gasteiger partial charge in [-0.25, -0.2) is 0 Å². The van der Waals surface area contributed by atoms with Crippen LogP contribution in [0.25, 0.3) is 0 Å². The second kappa shape index (κ2) is 7.20. The molecule has 0 spiro atoms. The minimum Gasteiger partial charge on any atom is -0.444 e. The van der Waals surface area contributed by atoms with E-state index in [0.717, 1.165) is 0 Å². The molecule has 18 heavy (non-hydrogen) atoms. The molecule has 1 aromatic rings. The number of halogens is 1. The maximum Gasteiger partial charge on any atom is 0.287 e. The normalized spacial score (nSPS) is 10.2. The van der Waals surface area contributed by atoms with Crippen molar-refractivity contribution in [3.63, 3.8) is 0 Å². The third kappa shape index (κ3) is 4.18. The molecule has 0 bridgehead atoms. The van der Waals surface area contributed by atoms with Gasteiger partial charge in [-0.2, -0.15) is 0 Å². The number of rotatable bonds is 6. The third-order valence-electron chi connectivity index (χ3n) is 2.54. The van der Waals surface area contributed by atoms with E-state index < -0.39 is 0 Å². The number of hydrogen-bond acceptors (Lipinski definition) is 3. The summed E-state index contributed by atoms with van der Waals surface area (Å²) in [5.74, 6) is -0.0360. The van der Waals surface area contributed by atoms with Gasteiger partial charge in [-0.15, -0.1) is 0 Å². The molecule has 0 saturated heterocycles. The number of hydrogen-bond donors (Lipinski definition) is 1. The molecule has 1 heterocycles. The summed E-state index contributed by atoms with van der Waals surface area (Å²) in [6, 6.07) is 3.22. The second-order valence-electron chi connectivity index (χ2n) is 3.68. The summed E-state index contributed by atoms with van der Waals surface area (Å²) < 4.78 is 5.61. The van der Waals surface area contributed by atoms with Gasteiger partial charge in [0.25, 0.3) is 5.91 Å². The van der Waals surface area contributed by atoms with Gasteiger partial charge in [-0.3, -0.25) is 9.59 Å². The van der Waals surface area contributed by atoms with Crippen molar-refractivity contribution in [2.75, 3.05) is 19.6 Å². The lowest BCUT2D eigenvalue weighted by molar-refractivity contribution is -0.130. The molecule has 0 aromatic carbocycles. The van der Waals surface area contributed by atoms with Gasteiger partial charge < -0.3 is 14.6 Å². The first-order chi connectivity index (χ1) is 8.58. The van der Waals surface area contributed by atoms with E-state index in [0.29, 0.717) is 30.7 Å². The monoisotopic (exact) mass is 316 g/mol. The van der Waals surface area contributed by atoms with E-state index in [-0.39, 0.29) is 17.6 Å². The summed E-state index contributed by atoms with van der Waals surface area (Å²) in [6.07, 6.45) is 0.301. The quantitative estimate of drug-likeness (QED) is 0.873. The molecule has 0 unspecified atom stereocenters. The molecule has 0 saturated carbocycles. The SMILES string of the molecule is CCN(CC)C(=O)CCNC(=O)c1ccc(Br)o1. The van der Waals surface area contributed by atoms with Gasteiger partial charge in [0.05, 0.1) is 0 Å². The lowest BCUT2D eigenvalue weighted by atomic mass is 10.3. The van der Waals surface area contributed by atoms with Crippen molar-refractivity contribution >= 4 is 27.7 Å². The van der Waals surface area contributed by atoms with Crippen molar-refractivity contribution in [1.82, 2.24) is 10.2 Å². The van der Waals surface area contributed by atoms with E-state index in [1.807, 2.05) is 13.8 Å². The Kier molecular flexibility index (Phi) is 5.91. The van der Waals surface area contributed by atoms with Gasteiger partial charge in [0.15, 0.2) is 10.4 Å². The molecule has 1 aromatic heterocycles. The maximum absolute atomic E-state index is 11.7. The number of nitrogens with one attached hydrogen (secondary N) is 1. The first-order valence-corrected chi connectivity index (χ1v) is 6.69. The fraction of sp³-hybridized carbons (Fsp3) is 0.500. The summed E-state index contributed by atoms with van der Waals surface area (Å²) in [4.78, 5) is 25.0. The van der Waals surface area contributed by atoms with E-state index in [4.69, 9.17) is 4.42 Å². The van der Waals surface area contributed by atoms with Crippen molar-refractivity contribution in [2.24, 2.45) is 0 Å². The molecule has 0 radical (unpaired) electrons. The highest BCUT2D eigenvalue weighted by Crippen LogP contribution is 2.13. The standard InChI is InChI=1S/C12H17BrN2O3/c1-3-15(4-2)11(16)7-8-14-12(17)9-5-6-10(13)18-9/h5-6H,3-4,7-8H2,1-2H3,(H,14,17). The molecule has 2 amide bonds. The predicted octanol–water partition coefficient (Wildman–Crippen LogP) is 2.03. The van der Waals surface area contributed by atoms with Crippen LogP contribution in [0.2, 0.25) is 0 Å². The topological polar surface area (TPSA) is 62.6 Å². The summed E-state index contributed by atoms with van der Waals surface area (Å²) in [5.41, 5.74) is 0. The number of amides is 2. The van der Waals surface area contributed by atoms with E-state index in [9.17, 15) is 9.59 Å². The van der Waals surface area contributed by atoms with E-state index in [2.05, 4.69) is 21.2 Å². The van der Waals surface area contributed by atoms with Crippen LogP contribution in [0.15, 0.2) is 21.2 Å². The average molecular weight is 317 g/mol. The molecule has 0 fully saturated rings. The zero-order chi connectivity index (χ0) is 13.5. The van der Waals surface area contributed by atoms with E-state index in [1.165, 1.54) is 0 Å². The van der Waals surface area contributed by atoms with Crippen LogP contribution in [0, 0.1) is 0 Å². The van der Waals surface area contributed by atoms with Gasteiger partial charge in [0.1, 0.15) is 0 Å². The Bertz CT molecular complexity index is 413. The first-order valence-electron chi connectivity index (χ1n) is 5.89. The Morgan fingerprint density at radius 3 is 2.50 bits per heavy atom. The highest BCUT2D eigenvalue weighted by atomic mass is 79.9. The van der Waals surface area contributed by atoms with Crippen molar-refractivity contribution in [3.05, 3.63) is 22.6 Å². The van der Waals surface area contributed by atoms with Gasteiger partial charge in [0, 0.05) is 26.1 Å². The molecule has 1 rings (SSSR count). The van der Waals surface area contributed by atoms with Crippen molar-refractivity contribution in [2.45, 2.75) is 20.3 Å². The molecular weight excluding hydrogens is 300 g/mol. The van der Waals surface area contributed by atoms with Crippen LogP contribution >= 0.6 is 15.9 Å². The van der Waals surface area contributed by atoms with Crippen LogP contribution in [-0.2, 0) is 4.79 Å². The average Bonchev–Trinajstić information content (AvgIpc) is 2.77. The first kappa shape index (κ1) is 14.8. The Morgan fingerprint density at radius 1 is 1.33 bits per heavy atom.